The van der Waals surface area contributed by atoms with Crippen LogP contribution < -0.4 is 4.74 Å². The number of hydrogen-bond acceptors (Lipinski definition) is 5. The van der Waals surface area contributed by atoms with Crippen LogP contribution in [0.1, 0.15) is 22.8 Å². The summed E-state index contributed by atoms with van der Waals surface area (Å²) < 4.78 is 24.2. The first-order valence-corrected chi connectivity index (χ1v) is 9.38. The third-order valence-electron chi connectivity index (χ3n) is 3.63. The Morgan fingerprint density at radius 2 is 1.82 bits per heavy atom. The number of carbonyl (C=O) groups excluding carboxylic acids is 2. The van der Waals surface area contributed by atoms with E-state index in [0.29, 0.717) is 10.2 Å². The molecular formula is C21H21BrFNO4. The van der Waals surface area contributed by atoms with Gasteiger partial charge in [0.2, 0.25) is 5.78 Å². The van der Waals surface area contributed by atoms with Crippen LogP contribution in [0.5, 0.6) is 5.75 Å². The molecule has 2 aromatic rings. The fourth-order valence-electron chi connectivity index (χ4n) is 2.33. The molecule has 28 heavy (non-hydrogen) atoms. The number of ketones is 1. The SMILES string of the molecule is CCOC(=O)C(=CN(C)C)C(=O)c1cc(OCc2ccc(F)cc2)ccc1Br. The van der Waals surface area contributed by atoms with Crippen LogP contribution >= 0.6 is 15.9 Å². The minimum Gasteiger partial charge on any atom is -0.489 e. The molecule has 0 saturated heterocycles. The molecule has 5 nitrogen and oxygen atoms in total. The molecule has 0 fully saturated rings. The second-order valence-corrected chi connectivity index (χ2v) is 6.97. The van der Waals surface area contributed by atoms with Gasteiger partial charge in [0, 0.05) is 30.3 Å². The van der Waals surface area contributed by atoms with Gasteiger partial charge in [0.15, 0.2) is 0 Å². The molecule has 2 rings (SSSR count). The maximum atomic E-state index is 13.0. The van der Waals surface area contributed by atoms with Crippen molar-refractivity contribution in [3.8, 4) is 5.75 Å². The molecule has 0 radical (unpaired) electrons. The summed E-state index contributed by atoms with van der Waals surface area (Å²) >= 11 is 3.35. The van der Waals surface area contributed by atoms with E-state index in [4.69, 9.17) is 9.47 Å². The van der Waals surface area contributed by atoms with E-state index in [9.17, 15) is 14.0 Å². The van der Waals surface area contributed by atoms with Crippen LogP contribution in [0.15, 0.2) is 58.7 Å². The largest absolute Gasteiger partial charge is 0.489 e. The van der Waals surface area contributed by atoms with Crippen molar-refractivity contribution in [3.05, 3.63) is 75.7 Å². The zero-order valence-electron chi connectivity index (χ0n) is 15.9. The number of ether oxygens (including phenoxy) is 2. The molecule has 2 aromatic carbocycles. The van der Waals surface area contributed by atoms with Crippen molar-refractivity contribution in [2.45, 2.75) is 13.5 Å². The van der Waals surface area contributed by atoms with Gasteiger partial charge < -0.3 is 14.4 Å². The normalized spacial score (nSPS) is 11.1. The molecule has 0 aliphatic heterocycles. The quantitative estimate of drug-likeness (QED) is 0.197. The molecule has 0 bridgehead atoms. The lowest BCUT2D eigenvalue weighted by Gasteiger charge is -2.13. The Hall–Kier alpha value is -2.67. The van der Waals surface area contributed by atoms with E-state index < -0.39 is 11.8 Å². The van der Waals surface area contributed by atoms with Crippen LogP contribution in [-0.2, 0) is 16.1 Å². The average molecular weight is 450 g/mol. The lowest BCUT2D eigenvalue weighted by molar-refractivity contribution is -0.138. The Bertz CT molecular complexity index is 878. The fourth-order valence-corrected chi connectivity index (χ4v) is 2.76. The number of benzene rings is 2. The first kappa shape index (κ1) is 21.6. The van der Waals surface area contributed by atoms with Crippen molar-refractivity contribution >= 4 is 27.7 Å². The first-order chi connectivity index (χ1) is 13.3. The lowest BCUT2D eigenvalue weighted by Crippen LogP contribution is -2.19. The summed E-state index contributed by atoms with van der Waals surface area (Å²) in [5, 5.41) is 0. The van der Waals surface area contributed by atoms with E-state index in [0.717, 1.165) is 5.56 Å². The van der Waals surface area contributed by atoms with Gasteiger partial charge in [-0.1, -0.05) is 28.1 Å². The summed E-state index contributed by atoms with van der Waals surface area (Å²) in [7, 11) is 3.42. The van der Waals surface area contributed by atoms with E-state index in [1.54, 1.807) is 56.3 Å². The van der Waals surface area contributed by atoms with Crippen molar-refractivity contribution in [2.24, 2.45) is 0 Å². The van der Waals surface area contributed by atoms with Gasteiger partial charge in [-0.05, 0) is 42.8 Å². The van der Waals surface area contributed by atoms with Crippen molar-refractivity contribution in [1.82, 2.24) is 4.90 Å². The summed E-state index contributed by atoms with van der Waals surface area (Å²) in [6, 6.07) is 10.9. The lowest BCUT2D eigenvalue weighted by atomic mass is 10.0. The van der Waals surface area contributed by atoms with E-state index in [1.165, 1.54) is 18.3 Å². The Labute approximate surface area is 171 Å². The predicted octanol–water partition coefficient (Wildman–Crippen LogP) is 4.36. The molecule has 0 saturated carbocycles. The summed E-state index contributed by atoms with van der Waals surface area (Å²) in [4.78, 5) is 26.8. The maximum Gasteiger partial charge on any atom is 0.343 e. The van der Waals surface area contributed by atoms with Crippen molar-refractivity contribution in [2.75, 3.05) is 20.7 Å². The highest BCUT2D eigenvalue weighted by molar-refractivity contribution is 9.10. The highest BCUT2D eigenvalue weighted by Crippen LogP contribution is 2.26. The molecule has 0 spiro atoms. The Kier molecular flexibility index (Phi) is 7.75. The minimum absolute atomic E-state index is 0.0803. The standard InChI is InChI=1S/C21H21BrFNO4/c1-4-27-21(26)18(12-24(2)3)20(25)17-11-16(9-10-19(17)22)28-13-14-5-7-15(23)8-6-14/h5-12H,4,13H2,1-3H3. The van der Waals surface area contributed by atoms with Gasteiger partial charge in [-0.25, -0.2) is 9.18 Å². The Balaban J connectivity index is 2.25. The van der Waals surface area contributed by atoms with Crippen LogP contribution in [0.3, 0.4) is 0 Å². The number of halogens is 2. The van der Waals surface area contributed by atoms with Crippen molar-refractivity contribution < 1.29 is 23.5 Å². The van der Waals surface area contributed by atoms with Gasteiger partial charge in [-0.3, -0.25) is 4.79 Å². The molecular weight excluding hydrogens is 429 g/mol. The van der Waals surface area contributed by atoms with E-state index in [2.05, 4.69) is 15.9 Å². The van der Waals surface area contributed by atoms with Gasteiger partial charge >= 0.3 is 5.97 Å². The third kappa shape index (κ3) is 5.92. The van der Waals surface area contributed by atoms with Gasteiger partial charge in [0.25, 0.3) is 0 Å². The van der Waals surface area contributed by atoms with E-state index in [-0.39, 0.29) is 30.2 Å². The molecule has 0 atom stereocenters. The van der Waals surface area contributed by atoms with Crippen LogP contribution in [0.25, 0.3) is 0 Å². The second kappa shape index (κ2) is 10.0. The molecule has 0 aromatic heterocycles. The van der Waals surface area contributed by atoms with Crippen molar-refractivity contribution in [1.29, 1.82) is 0 Å². The molecule has 7 heteroatoms. The number of esters is 1. The molecule has 148 valence electrons. The van der Waals surface area contributed by atoms with Gasteiger partial charge in [-0.2, -0.15) is 0 Å². The number of rotatable bonds is 8. The van der Waals surface area contributed by atoms with Crippen molar-refractivity contribution in [3.63, 3.8) is 0 Å². The smallest absolute Gasteiger partial charge is 0.343 e. The third-order valence-corrected chi connectivity index (χ3v) is 4.32. The zero-order valence-corrected chi connectivity index (χ0v) is 17.5. The first-order valence-electron chi connectivity index (χ1n) is 8.58. The van der Waals surface area contributed by atoms with Crippen LogP contribution in [-0.4, -0.2) is 37.4 Å². The van der Waals surface area contributed by atoms with Crippen LogP contribution in [0.2, 0.25) is 0 Å². The van der Waals surface area contributed by atoms with E-state index >= 15 is 0 Å². The molecule has 0 aliphatic carbocycles. The molecule has 0 aliphatic rings. The van der Waals surface area contributed by atoms with Crippen LogP contribution in [0, 0.1) is 5.82 Å². The second-order valence-electron chi connectivity index (χ2n) is 6.11. The topological polar surface area (TPSA) is 55.8 Å². The highest BCUT2D eigenvalue weighted by atomic mass is 79.9. The molecule has 0 N–H and O–H groups in total. The number of Topliss-reactive ketones (excluding diaryl/α,β-unsaturated/α-hetero) is 1. The van der Waals surface area contributed by atoms with E-state index in [1.807, 2.05) is 0 Å². The van der Waals surface area contributed by atoms with Crippen LogP contribution in [0.4, 0.5) is 4.39 Å². The Morgan fingerprint density at radius 3 is 2.43 bits per heavy atom. The van der Waals surface area contributed by atoms with Gasteiger partial charge in [0.1, 0.15) is 23.7 Å². The maximum absolute atomic E-state index is 13.0. The van der Waals surface area contributed by atoms with Gasteiger partial charge in [0.05, 0.1) is 6.61 Å². The monoisotopic (exact) mass is 449 g/mol. The summed E-state index contributed by atoms with van der Waals surface area (Å²) in [5.74, 6) is -1.04. The fraction of sp³-hybridized carbons (Fsp3) is 0.238. The minimum atomic E-state index is -0.689. The Morgan fingerprint density at radius 1 is 1.14 bits per heavy atom. The number of carbonyl (C=O) groups is 2. The number of hydrogen-bond donors (Lipinski definition) is 0. The summed E-state index contributed by atoms with van der Waals surface area (Å²) in [5.41, 5.74) is 0.984. The summed E-state index contributed by atoms with van der Waals surface area (Å²) in [6.45, 7) is 2.06. The summed E-state index contributed by atoms with van der Waals surface area (Å²) in [6.07, 6.45) is 1.43. The number of nitrogens with zero attached hydrogens (tertiary/aromatic N) is 1. The molecule has 0 heterocycles. The molecule has 0 unspecified atom stereocenters. The van der Waals surface area contributed by atoms with Gasteiger partial charge in [-0.15, -0.1) is 0 Å². The highest BCUT2D eigenvalue weighted by Gasteiger charge is 2.24. The predicted molar refractivity (Wildman–Crippen MR) is 108 cm³/mol. The average Bonchev–Trinajstić information content (AvgIpc) is 2.66. The zero-order chi connectivity index (χ0) is 20.7. The molecule has 0 amide bonds.